The number of carbonyl (C=O) groups is 1. The minimum atomic E-state index is -0.483. The Kier molecular flexibility index (Phi) is 4.20. The zero-order chi connectivity index (χ0) is 15.5. The van der Waals surface area contributed by atoms with Crippen LogP contribution >= 0.6 is 0 Å². The molecule has 1 atom stereocenters. The number of rotatable bonds is 2. The van der Waals surface area contributed by atoms with Crippen molar-refractivity contribution in [2.24, 2.45) is 0 Å². The van der Waals surface area contributed by atoms with Crippen LogP contribution in [0.2, 0.25) is 0 Å². The van der Waals surface area contributed by atoms with Gasteiger partial charge in [0.15, 0.2) is 0 Å². The summed E-state index contributed by atoms with van der Waals surface area (Å²) in [6.07, 6.45) is 0. The molecule has 0 aliphatic carbocycles. The Morgan fingerprint density at radius 1 is 1.18 bits per heavy atom. The molecule has 0 spiro atoms. The smallest absolute Gasteiger partial charge is 0.257 e. The van der Waals surface area contributed by atoms with Crippen molar-refractivity contribution in [3.63, 3.8) is 0 Å². The van der Waals surface area contributed by atoms with Crippen LogP contribution in [-0.2, 0) is 4.74 Å². The number of halogens is 1. The summed E-state index contributed by atoms with van der Waals surface area (Å²) in [6, 6.07) is 14.3. The maximum Gasteiger partial charge on any atom is 0.257 e. The summed E-state index contributed by atoms with van der Waals surface area (Å²) in [5.41, 5.74) is 1.92. The van der Waals surface area contributed by atoms with Crippen LogP contribution in [0.3, 0.4) is 0 Å². The van der Waals surface area contributed by atoms with Crippen molar-refractivity contribution >= 4 is 5.91 Å². The molecule has 1 aliphatic heterocycles. The minimum Gasteiger partial charge on any atom is -0.377 e. The van der Waals surface area contributed by atoms with E-state index in [0.29, 0.717) is 19.8 Å². The Bertz CT molecular complexity index is 672. The summed E-state index contributed by atoms with van der Waals surface area (Å²) in [7, 11) is 0. The molecule has 1 amide bonds. The lowest BCUT2D eigenvalue weighted by atomic mass is 10.0. The first kappa shape index (κ1) is 14.7. The lowest BCUT2D eigenvalue weighted by molar-refractivity contribution is 0.00335. The second-order valence-electron chi connectivity index (χ2n) is 5.48. The van der Waals surface area contributed by atoms with Crippen molar-refractivity contribution in [3.8, 4) is 11.1 Å². The quantitative estimate of drug-likeness (QED) is 0.851. The van der Waals surface area contributed by atoms with Gasteiger partial charge in [-0.2, -0.15) is 0 Å². The number of benzene rings is 2. The van der Waals surface area contributed by atoms with E-state index in [0.717, 1.165) is 11.1 Å². The summed E-state index contributed by atoms with van der Waals surface area (Å²) in [5.74, 6) is -0.755. The SMILES string of the molecule is CC1COCCN1C(=O)c1cc(-c2ccccc2)ccc1F. The third kappa shape index (κ3) is 2.88. The lowest BCUT2D eigenvalue weighted by Crippen LogP contribution is -2.47. The fraction of sp³-hybridized carbons (Fsp3) is 0.278. The number of hydrogen-bond acceptors (Lipinski definition) is 2. The molecule has 1 fully saturated rings. The predicted octanol–water partition coefficient (Wildman–Crippen LogP) is 3.35. The van der Waals surface area contributed by atoms with Crippen molar-refractivity contribution in [1.82, 2.24) is 4.90 Å². The van der Waals surface area contributed by atoms with Crippen LogP contribution in [-0.4, -0.2) is 36.6 Å². The maximum atomic E-state index is 14.1. The molecule has 2 aromatic rings. The van der Waals surface area contributed by atoms with Gasteiger partial charge in [-0.3, -0.25) is 4.79 Å². The van der Waals surface area contributed by atoms with Gasteiger partial charge in [0.25, 0.3) is 5.91 Å². The second-order valence-corrected chi connectivity index (χ2v) is 5.48. The molecule has 2 aromatic carbocycles. The van der Waals surface area contributed by atoms with E-state index < -0.39 is 5.82 Å². The van der Waals surface area contributed by atoms with Gasteiger partial charge in [0.1, 0.15) is 5.82 Å². The highest BCUT2D eigenvalue weighted by atomic mass is 19.1. The topological polar surface area (TPSA) is 29.5 Å². The Labute approximate surface area is 129 Å². The Morgan fingerprint density at radius 2 is 1.95 bits per heavy atom. The molecular weight excluding hydrogens is 281 g/mol. The minimum absolute atomic E-state index is 0.0407. The molecule has 0 saturated carbocycles. The molecule has 0 aromatic heterocycles. The molecule has 1 unspecified atom stereocenters. The van der Waals surface area contributed by atoms with E-state index in [1.807, 2.05) is 37.3 Å². The largest absolute Gasteiger partial charge is 0.377 e. The van der Waals surface area contributed by atoms with Gasteiger partial charge in [-0.1, -0.05) is 36.4 Å². The molecule has 22 heavy (non-hydrogen) atoms. The summed E-state index contributed by atoms with van der Waals surface area (Å²) < 4.78 is 19.5. The van der Waals surface area contributed by atoms with Gasteiger partial charge < -0.3 is 9.64 Å². The van der Waals surface area contributed by atoms with Crippen LogP contribution in [0.25, 0.3) is 11.1 Å². The summed E-state index contributed by atoms with van der Waals surface area (Å²) >= 11 is 0. The van der Waals surface area contributed by atoms with E-state index in [1.165, 1.54) is 6.07 Å². The Morgan fingerprint density at radius 3 is 2.68 bits per heavy atom. The number of morpholine rings is 1. The van der Waals surface area contributed by atoms with Crippen molar-refractivity contribution in [2.75, 3.05) is 19.8 Å². The summed E-state index contributed by atoms with van der Waals surface area (Å²) in [4.78, 5) is 14.3. The number of carbonyl (C=O) groups excluding carboxylic acids is 1. The molecule has 3 rings (SSSR count). The van der Waals surface area contributed by atoms with Crippen LogP contribution in [0.15, 0.2) is 48.5 Å². The van der Waals surface area contributed by atoms with E-state index in [9.17, 15) is 9.18 Å². The summed E-state index contributed by atoms with van der Waals surface area (Å²) in [6.45, 7) is 3.40. The van der Waals surface area contributed by atoms with Gasteiger partial charge in [-0.05, 0) is 30.2 Å². The van der Waals surface area contributed by atoms with Crippen molar-refractivity contribution < 1.29 is 13.9 Å². The van der Waals surface area contributed by atoms with Crippen LogP contribution in [0.1, 0.15) is 17.3 Å². The highest BCUT2D eigenvalue weighted by Crippen LogP contribution is 2.23. The van der Waals surface area contributed by atoms with E-state index in [1.54, 1.807) is 17.0 Å². The molecule has 4 heteroatoms. The summed E-state index contributed by atoms with van der Waals surface area (Å²) in [5, 5.41) is 0. The maximum absolute atomic E-state index is 14.1. The molecule has 0 N–H and O–H groups in total. The first-order valence-corrected chi connectivity index (χ1v) is 7.40. The van der Waals surface area contributed by atoms with Gasteiger partial charge in [-0.15, -0.1) is 0 Å². The van der Waals surface area contributed by atoms with Crippen molar-refractivity contribution in [2.45, 2.75) is 13.0 Å². The third-order valence-electron chi connectivity index (χ3n) is 3.93. The number of nitrogens with zero attached hydrogens (tertiary/aromatic N) is 1. The molecule has 1 saturated heterocycles. The van der Waals surface area contributed by atoms with Crippen LogP contribution < -0.4 is 0 Å². The average molecular weight is 299 g/mol. The highest BCUT2D eigenvalue weighted by Gasteiger charge is 2.26. The van der Waals surface area contributed by atoms with E-state index >= 15 is 0 Å². The average Bonchev–Trinajstić information content (AvgIpc) is 2.56. The zero-order valence-corrected chi connectivity index (χ0v) is 12.5. The third-order valence-corrected chi connectivity index (χ3v) is 3.93. The molecule has 1 aliphatic rings. The predicted molar refractivity (Wildman–Crippen MR) is 83.2 cm³/mol. The zero-order valence-electron chi connectivity index (χ0n) is 12.5. The van der Waals surface area contributed by atoms with E-state index in [-0.39, 0.29) is 17.5 Å². The van der Waals surface area contributed by atoms with Gasteiger partial charge in [-0.25, -0.2) is 4.39 Å². The molecule has 3 nitrogen and oxygen atoms in total. The molecule has 1 heterocycles. The molecule has 0 bridgehead atoms. The number of ether oxygens (including phenoxy) is 1. The standard InChI is InChI=1S/C18H18FNO2/c1-13-12-22-10-9-20(13)18(21)16-11-15(7-8-17(16)19)14-5-3-2-4-6-14/h2-8,11,13H,9-10,12H2,1H3. The molecule has 114 valence electrons. The lowest BCUT2D eigenvalue weighted by Gasteiger charge is -2.33. The highest BCUT2D eigenvalue weighted by molar-refractivity contribution is 5.96. The second kappa shape index (κ2) is 6.28. The fourth-order valence-corrected chi connectivity index (χ4v) is 2.68. The van der Waals surface area contributed by atoms with Crippen molar-refractivity contribution in [3.05, 3.63) is 59.9 Å². The number of amides is 1. The monoisotopic (exact) mass is 299 g/mol. The van der Waals surface area contributed by atoms with Gasteiger partial charge >= 0.3 is 0 Å². The van der Waals surface area contributed by atoms with E-state index in [2.05, 4.69) is 0 Å². The van der Waals surface area contributed by atoms with Gasteiger partial charge in [0.2, 0.25) is 0 Å². The number of hydrogen-bond donors (Lipinski definition) is 0. The van der Waals surface area contributed by atoms with Gasteiger partial charge in [0, 0.05) is 6.54 Å². The van der Waals surface area contributed by atoms with Crippen LogP contribution in [0.5, 0.6) is 0 Å². The van der Waals surface area contributed by atoms with E-state index in [4.69, 9.17) is 4.74 Å². The Hall–Kier alpha value is -2.20. The molecule has 0 radical (unpaired) electrons. The Balaban J connectivity index is 1.94. The van der Waals surface area contributed by atoms with Crippen LogP contribution in [0, 0.1) is 5.82 Å². The van der Waals surface area contributed by atoms with Gasteiger partial charge in [0.05, 0.1) is 24.8 Å². The van der Waals surface area contributed by atoms with Crippen LogP contribution in [0.4, 0.5) is 4.39 Å². The first-order chi connectivity index (χ1) is 10.7. The fourth-order valence-electron chi connectivity index (χ4n) is 2.68. The first-order valence-electron chi connectivity index (χ1n) is 7.40. The van der Waals surface area contributed by atoms with Crippen molar-refractivity contribution in [1.29, 1.82) is 0 Å². The molecular formula is C18H18FNO2. The normalized spacial score (nSPS) is 18.3.